The van der Waals surface area contributed by atoms with Crippen LogP contribution >= 0.6 is 0 Å². The molecule has 0 fully saturated rings. The van der Waals surface area contributed by atoms with Gasteiger partial charge in [-0.05, 0) is 40.4 Å². The lowest BCUT2D eigenvalue weighted by molar-refractivity contribution is 0.197. The summed E-state index contributed by atoms with van der Waals surface area (Å²) < 4.78 is 0. The molecule has 4 nitrogen and oxygen atoms in total. The second kappa shape index (κ2) is 7.29. The standard InChI is InChI=1S/C16H28N4/c1-13(14-10-8-7-9-11-14)19-15(17-4)18-12-16(2,3)20(5)6/h7-11,13H,12H2,1-6H3,(H2,17,18,19). The molecule has 0 aliphatic rings. The number of hydrogen-bond donors (Lipinski definition) is 2. The molecule has 0 aliphatic carbocycles. The van der Waals surface area contributed by atoms with Crippen LogP contribution in [0, 0.1) is 0 Å². The van der Waals surface area contributed by atoms with E-state index in [1.165, 1.54) is 5.56 Å². The number of rotatable bonds is 5. The van der Waals surface area contributed by atoms with Gasteiger partial charge in [-0.15, -0.1) is 0 Å². The Bertz CT molecular complexity index is 423. The predicted octanol–water partition coefficient (Wildman–Crippen LogP) is 2.25. The van der Waals surface area contributed by atoms with Gasteiger partial charge in [0, 0.05) is 19.1 Å². The number of aliphatic imine (C=N–C) groups is 1. The van der Waals surface area contributed by atoms with Gasteiger partial charge in [-0.25, -0.2) is 0 Å². The summed E-state index contributed by atoms with van der Waals surface area (Å²) in [7, 11) is 5.98. The molecule has 1 atom stereocenters. The highest BCUT2D eigenvalue weighted by molar-refractivity contribution is 5.80. The van der Waals surface area contributed by atoms with E-state index in [0.29, 0.717) is 0 Å². The summed E-state index contributed by atoms with van der Waals surface area (Å²) in [6, 6.07) is 10.6. The third-order valence-electron chi connectivity index (χ3n) is 3.78. The number of benzene rings is 1. The van der Waals surface area contributed by atoms with Gasteiger partial charge in [0.1, 0.15) is 0 Å². The molecule has 0 heterocycles. The van der Waals surface area contributed by atoms with Crippen LogP contribution in [0.3, 0.4) is 0 Å². The zero-order chi connectivity index (χ0) is 15.2. The van der Waals surface area contributed by atoms with Crippen molar-refractivity contribution < 1.29 is 0 Å². The van der Waals surface area contributed by atoms with E-state index in [1.54, 1.807) is 7.05 Å². The number of hydrogen-bond acceptors (Lipinski definition) is 2. The van der Waals surface area contributed by atoms with E-state index in [2.05, 4.69) is 79.7 Å². The third-order valence-corrected chi connectivity index (χ3v) is 3.78. The minimum Gasteiger partial charge on any atom is -0.355 e. The van der Waals surface area contributed by atoms with Crippen molar-refractivity contribution in [3.63, 3.8) is 0 Å². The molecule has 1 aromatic rings. The van der Waals surface area contributed by atoms with Gasteiger partial charge in [0.2, 0.25) is 0 Å². The fourth-order valence-electron chi connectivity index (χ4n) is 1.68. The van der Waals surface area contributed by atoms with Crippen LogP contribution < -0.4 is 10.6 Å². The molecule has 1 aromatic carbocycles. The van der Waals surface area contributed by atoms with Crippen LogP contribution in [0.25, 0.3) is 0 Å². The largest absolute Gasteiger partial charge is 0.355 e. The molecule has 0 saturated heterocycles. The second-order valence-corrected chi connectivity index (χ2v) is 5.91. The lowest BCUT2D eigenvalue weighted by atomic mass is 10.0. The van der Waals surface area contributed by atoms with Crippen molar-refractivity contribution >= 4 is 5.96 Å². The SMILES string of the molecule is CN=C(NCC(C)(C)N(C)C)NC(C)c1ccccc1. The van der Waals surface area contributed by atoms with E-state index in [0.717, 1.165) is 12.5 Å². The maximum Gasteiger partial charge on any atom is 0.191 e. The van der Waals surface area contributed by atoms with E-state index in [9.17, 15) is 0 Å². The van der Waals surface area contributed by atoms with E-state index < -0.39 is 0 Å². The first kappa shape index (κ1) is 16.5. The quantitative estimate of drug-likeness (QED) is 0.640. The molecule has 0 bridgehead atoms. The zero-order valence-electron chi connectivity index (χ0n) is 13.6. The average molecular weight is 276 g/mol. The summed E-state index contributed by atoms with van der Waals surface area (Å²) in [5.41, 5.74) is 1.33. The third kappa shape index (κ3) is 4.85. The van der Waals surface area contributed by atoms with E-state index in [4.69, 9.17) is 0 Å². The normalized spacial score (nSPS) is 14.2. The number of nitrogens with zero attached hydrogens (tertiary/aromatic N) is 2. The summed E-state index contributed by atoms with van der Waals surface area (Å²) in [5.74, 6) is 0.830. The number of guanidine groups is 1. The summed E-state index contributed by atoms with van der Waals surface area (Å²) >= 11 is 0. The van der Waals surface area contributed by atoms with Crippen molar-refractivity contribution in [2.24, 2.45) is 4.99 Å². The molecule has 0 spiro atoms. The van der Waals surface area contributed by atoms with Crippen molar-refractivity contribution in [2.75, 3.05) is 27.7 Å². The highest BCUT2D eigenvalue weighted by atomic mass is 15.2. The molecular formula is C16H28N4. The predicted molar refractivity (Wildman–Crippen MR) is 87.1 cm³/mol. The Labute approximate surface area is 123 Å². The van der Waals surface area contributed by atoms with Crippen molar-refractivity contribution in [2.45, 2.75) is 32.4 Å². The molecule has 1 unspecified atom stereocenters. The van der Waals surface area contributed by atoms with Gasteiger partial charge in [-0.3, -0.25) is 4.99 Å². The Morgan fingerprint density at radius 3 is 2.35 bits per heavy atom. The number of nitrogens with one attached hydrogen (secondary N) is 2. The minimum atomic E-state index is 0.0770. The smallest absolute Gasteiger partial charge is 0.191 e. The van der Waals surface area contributed by atoms with Crippen molar-refractivity contribution in [3.05, 3.63) is 35.9 Å². The van der Waals surface area contributed by atoms with Gasteiger partial charge in [0.25, 0.3) is 0 Å². The van der Waals surface area contributed by atoms with E-state index in [-0.39, 0.29) is 11.6 Å². The average Bonchev–Trinajstić information content (AvgIpc) is 2.44. The van der Waals surface area contributed by atoms with Crippen LogP contribution in [0.1, 0.15) is 32.4 Å². The molecule has 1 rings (SSSR count). The summed E-state index contributed by atoms with van der Waals surface area (Å²) in [4.78, 5) is 6.49. The molecule has 20 heavy (non-hydrogen) atoms. The van der Waals surface area contributed by atoms with Gasteiger partial charge >= 0.3 is 0 Å². The Morgan fingerprint density at radius 1 is 1.25 bits per heavy atom. The van der Waals surface area contributed by atoms with Gasteiger partial charge in [-0.1, -0.05) is 30.3 Å². The molecule has 0 aliphatic heterocycles. The second-order valence-electron chi connectivity index (χ2n) is 5.91. The lowest BCUT2D eigenvalue weighted by Crippen LogP contribution is -2.51. The highest BCUT2D eigenvalue weighted by Crippen LogP contribution is 2.11. The van der Waals surface area contributed by atoms with E-state index in [1.807, 2.05) is 6.07 Å². The van der Waals surface area contributed by atoms with Crippen LogP contribution in [0.5, 0.6) is 0 Å². The van der Waals surface area contributed by atoms with E-state index >= 15 is 0 Å². The fourth-order valence-corrected chi connectivity index (χ4v) is 1.68. The van der Waals surface area contributed by atoms with Gasteiger partial charge < -0.3 is 15.5 Å². The summed E-state index contributed by atoms with van der Waals surface area (Å²) in [6.07, 6.45) is 0. The summed E-state index contributed by atoms with van der Waals surface area (Å²) in [5, 5.41) is 6.80. The van der Waals surface area contributed by atoms with Crippen LogP contribution in [-0.4, -0.2) is 44.1 Å². The molecular weight excluding hydrogens is 248 g/mol. The molecule has 0 saturated carbocycles. The monoisotopic (exact) mass is 276 g/mol. The first-order chi connectivity index (χ1) is 9.36. The maximum atomic E-state index is 4.29. The first-order valence-electron chi connectivity index (χ1n) is 7.06. The molecule has 0 amide bonds. The Balaban J connectivity index is 2.57. The van der Waals surface area contributed by atoms with Crippen molar-refractivity contribution in [3.8, 4) is 0 Å². The Morgan fingerprint density at radius 2 is 1.85 bits per heavy atom. The molecule has 0 radical (unpaired) electrons. The van der Waals surface area contributed by atoms with Crippen molar-refractivity contribution in [1.29, 1.82) is 0 Å². The van der Waals surface area contributed by atoms with Crippen LogP contribution in [0.15, 0.2) is 35.3 Å². The molecule has 2 N–H and O–H groups in total. The highest BCUT2D eigenvalue weighted by Gasteiger charge is 2.20. The van der Waals surface area contributed by atoms with Crippen LogP contribution in [0.4, 0.5) is 0 Å². The Kier molecular flexibility index (Phi) is 6.02. The molecule has 4 heteroatoms. The Hall–Kier alpha value is -1.55. The molecule has 112 valence electrons. The van der Waals surface area contributed by atoms with Gasteiger partial charge in [0.05, 0.1) is 6.04 Å². The summed E-state index contributed by atoms with van der Waals surface area (Å²) in [6.45, 7) is 7.38. The molecule has 0 aromatic heterocycles. The zero-order valence-corrected chi connectivity index (χ0v) is 13.6. The minimum absolute atomic E-state index is 0.0770. The topological polar surface area (TPSA) is 39.7 Å². The van der Waals surface area contributed by atoms with Gasteiger partial charge in [-0.2, -0.15) is 0 Å². The maximum absolute atomic E-state index is 4.29. The van der Waals surface area contributed by atoms with Crippen LogP contribution in [0.2, 0.25) is 0 Å². The number of likely N-dealkylation sites (N-methyl/N-ethyl adjacent to an activating group) is 1. The van der Waals surface area contributed by atoms with Gasteiger partial charge in [0.15, 0.2) is 5.96 Å². The first-order valence-corrected chi connectivity index (χ1v) is 7.06. The van der Waals surface area contributed by atoms with Crippen LogP contribution in [-0.2, 0) is 0 Å². The lowest BCUT2D eigenvalue weighted by Gasteiger charge is -2.33. The van der Waals surface area contributed by atoms with Crippen molar-refractivity contribution in [1.82, 2.24) is 15.5 Å². The fraction of sp³-hybridized carbons (Fsp3) is 0.562.